The Balaban J connectivity index is 2.74. The predicted molar refractivity (Wildman–Crippen MR) is 69.1 cm³/mol. The Kier molecular flexibility index (Phi) is 6.18. The average molecular weight is 252 g/mol. The van der Waals surface area contributed by atoms with E-state index in [-0.39, 0.29) is 6.04 Å². The second-order valence-electron chi connectivity index (χ2n) is 3.83. The smallest absolute Gasteiger partial charge is 0.407 e. The zero-order valence-electron chi connectivity index (χ0n) is 10.8. The van der Waals surface area contributed by atoms with E-state index in [0.717, 1.165) is 11.1 Å². The summed E-state index contributed by atoms with van der Waals surface area (Å²) in [4.78, 5) is 11.4. The Morgan fingerprint density at radius 2 is 2.28 bits per heavy atom. The van der Waals surface area contributed by atoms with E-state index in [1.165, 1.54) is 0 Å². The molecule has 1 aromatic rings. The SMILES string of the molecule is CCOC(=O)NC(CN)c1cccc(COC)c1. The van der Waals surface area contributed by atoms with Crippen LogP contribution in [0.4, 0.5) is 4.79 Å². The normalized spacial score (nSPS) is 11.9. The summed E-state index contributed by atoms with van der Waals surface area (Å²) in [6.07, 6.45) is -0.454. The van der Waals surface area contributed by atoms with Crippen LogP contribution >= 0.6 is 0 Å². The van der Waals surface area contributed by atoms with Gasteiger partial charge in [0.05, 0.1) is 19.3 Å². The summed E-state index contributed by atoms with van der Waals surface area (Å²) in [5.41, 5.74) is 7.66. The molecule has 0 spiro atoms. The topological polar surface area (TPSA) is 73.6 Å². The molecule has 0 aromatic heterocycles. The molecule has 1 unspecified atom stereocenters. The van der Waals surface area contributed by atoms with Crippen LogP contribution < -0.4 is 11.1 Å². The first-order valence-electron chi connectivity index (χ1n) is 5.92. The minimum absolute atomic E-state index is 0.249. The number of alkyl carbamates (subject to hydrolysis) is 1. The van der Waals surface area contributed by atoms with E-state index >= 15 is 0 Å². The molecule has 5 nitrogen and oxygen atoms in total. The van der Waals surface area contributed by atoms with E-state index in [1.54, 1.807) is 14.0 Å². The molecule has 0 fully saturated rings. The first-order chi connectivity index (χ1) is 8.71. The number of nitrogens with one attached hydrogen (secondary N) is 1. The molecule has 0 radical (unpaired) electrons. The van der Waals surface area contributed by atoms with E-state index in [1.807, 2.05) is 24.3 Å². The van der Waals surface area contributed by atoms with Crippen LogP contribution in [-0.2, 0) is 16.1 Å². The monoisotopic (exact) mass is 252 g/mol. The van der Waals surface area contributed by atoms with E-state index in [0.29, 0.717) is 19.8 Å². The first-order valence-corrected chi connectivity index (χ1v) is 5.92. The number of hydrogen-bond donors (Lipinski definition) is 2. The van der Waals surface area contributed by atoms with Crippen molar-refractivity contribution in [2.45, 2.75) is 19.6 Å². The van der Waals surface area contributed by atoms with Gasteiger partial charge in [0.15, 0.2) is 0 Å². The lowest BCUT2D eigenvalue weighted by molar-refractivity contribution is 0.148. The van der Waals surface area contributed by atoms with Gasteiger partial charge >= 0.3 is 6.09 Å². The van der Waals surface area contributed by atoms with E-state index < -0.39 is 6.09 Å². The van der Waals surface area contributed by atoms with Crippen molar-refractivity contribution in [3.63, 3.8) is 0 Å². The molecule has 1 rings (SSSR count). The summed E-state index contributed by atoms with van der Waals surface area (Å²) in [7, 11) is 1.64. The summed E-state index contributed by atoms with van der Waals surface area (Å²) < 4.78 is 9.92. The molecule has 0 aliphatic rings. The fourth-order valence-electron chi connectivity index (χ4n) is 1.66. The van der Waals surface area contributed by atoms with Crippen LogP contribution in [0.5, 0.6) is 0 Å². The van der Waals surface area contributed by atoms with Crippen LogP contribution in [0.3, 0.4) is 0 Å². The molecule has 3 N–H and O–H groups in total. The Morgan fingerprint density at radius 1 is 1.50 bits per heavy atom. The van der Waals surface area contributed by atoms with Crippen molar-refractivity contribution in [1.29, 1.82) is 0 Å². The molecule has 1 amide bonds. The number of carbonyl (C=O) groups is 1. The average Bonchev–Trinajstić information content (AvgIpc) is 2.37. The maximum atomic E-state index is 11.4. The number of rotatable bonds is 6. The Labute approximate surface area is 107 Å². The lowest BCUT2D eigenvalue weighted by Gasteiger charge is -2.17. The molecule has 0 saturated carbocycles. The van der Waals surface area contributed by atoms with Crippen molar-refractivity contribution in [3.05, 3.63) is 35.4 Å². The molecule has 1 atom stereocenters. The molecule has 18 heavy (non-hydrogen) atoms. The number of hydrogen-bond acceptors (Lipinski definition) is 4. The molecule has 0 aliphatic heterocycles. The minimum atomic E-state index is -0.454. The molecule has 0 aliphatic carbocycles. The molecule has 5 heteroatoms. The first kappa shape index (κ1) is 14.5. The van der Waals surface area contributed by atoms with Crippen molar-refractivity contribution in [2.75, 3.05) is 20.3 Å². The largest absolute Gasteiger partial charge is 0.450 e. The quantitative estimate of drug-likeness (QED) is 0.806. The second kappa shape index (κ2) is 7.68. The third-order valence-electron chi connectivity index (χ3n) is 2.47. The van der Waals surface area contributed by atoms with Crippen molar-refractivity contribution in [3.8, 4) is 0 Å². The van der Waals surface area contributed by atoms with Crippen molar-refractivity contribution in [1.82, 2.24) is 5.32 Å². The van der Waals surface area contributed by atoms with Gasteiger partial charge in [0.25, 0.3) is 0 Å². The highest BCUT2D eigenvalue weighted by Gasteiger charge is 2.13. The molecular formula is C13H20N2O3. The summed E-state index contributed by atoms with van der Waals surface area (Å²) in [6, 6.07) is 7.51. The number of methoxy groups -OCH3 is 1. The molecule has 0 saturated heterocycles. The minimum Gasteiger partial charge on any atom is -0.450 e. The zero-order valence-corrected chi connectivity index (χ0v) is 10.8. The molecule has 100 valence electrons. The van der Waals surface area contributed by atoms with Gasteiger partial charge in [-0.15, -0.1) is 0 Å². The zero-order chi connectivity index (χ0) is 13.4. The van der Waals surface area contributed by atoms with Crippen LogP contribution in [-0.4, -0.2) is 26.4 Å². The van der Waals surface area contributed by atoms with Gasteiger partial charge in [-0.3, -0.25) is 0 Å². The van der Waals surface area contributed by atoms with Gasteiger partial charge in [-0.2, -0.15) is 0 Å². The maximum Gasteiger partial charge on any atom is 0.407 e. The number of ether oxygens (including phenoxy) is 2. The number of carbonyl (C=O) groups excluding carboxylic acids is 1. The summed E-state index contributed by atoms with van der Waals surface area (Å²) in [6.45, 7) is 2.95. The highest BCUT2D eigenvalue weighted by Crippen LogP contribution is 2.14. The van der Waals surface area contributed by atoms with Gasteiger partial charge < -0.3 is 20.5 Å². The number of amides is 1. The Bertz CT molecular complexity index is 382. The number of nitrogens with two attached hydrogens (primary N) is 1. The third-order valence-corrected chi connectivity index (χ3v) is 2.47. The van der Waals surface area contributed by atoms with Crippen LogP contribution in [0.15, 0.2) is 24.3 Å². The van der Waals surface area contributed by atoms with E-state index in [2.05, 4.69) is 5.32 Å². The van der Waals surface area contributed by atoms with Crippen molar-refractivity contribution >= 4 is 6.09 Å². The lowest BCUT2D eigenvalue weighted by atomic mass is 10.0. The van der Waals surface area contributed by atoms with Crippen LogP contribution in [0.1, 0.15) is 24.1 Å². The van der Waals surface area contributed by atoms with Crippen LogP contribution in [0.25, 0.3) is 0 Å². The highest BCUT2D eigenvalue weighted by atomic mass is 16.5. The lowest BCUT2D eigenvalue weighted by Crippen LogP contribution is -2.33. The summed E-state index contributed by atoms with van der Waals surface area (Å²) in [5, 5.41) is 2.73. The second-order valence-corrected chi connectivity index (χ2v) is 3.83. The van der Waals surface area contributed by atoms with Gasteiger partial charge in [-0.1, -0.05) is 24.3 Å². The van der Waals surface area contributed by atoms with Crippen LogP contribution in [0, 0.1) is 0 Å². The molecule has 1 aromatic carbocycles. The molecule has 0 heterocycles. The van der Waals surface area contributed by atoms with Gasteiger partial charge in [-0.25, -0.2) is 4.79 Å². The Morgan fingerprint density at radius 3 is 2.89 bits per heavy atom. The van der Waals surface area contributed by atoms with Gasteiger partial charge in [-0.05, 0) is 18.1 Å². The summed E-state index contributed by atoms with van der Waals surface area (Å²) >= 11 is 0. The molecular weight excluding hydrogens is 232 g/mol. The Hall–Kier alpha value is -1.59. The van der Waals surface area contributed by atoms with Crippen molar-refractivity contribution < 1.29 is 14.3 Å². The van der Waals surface area contributed by atoms with E-state index in [4.69, 9.17) is 15.2 Å². The van der Waals surface area contributed by atoms with E-state index in [9.17, 15) is 4.79 Å². The summed E-state index contributed by atoms with van der Waals surface area (Å²) in [5.74, 6) is 0. The standard InChI is InChI=1S/C13H20N2O3/c1-3-18-13(16)15-12(8-14)11-6-4-5-10(7-11)9-17-2/h4-7,12H,3,8-9,14H2,1-2H3,(H,15,16). The fraction of sp³-hybridized carbons (Fsp3) is 0.462. The number of benzene rings is 1. The highest BCUT2D eigenvalue weighted by molar-refractivity contribution is 5.67. The van der Waals surface area contributed by atoms with Crippen molar-refractivity contribution in [2.24, 2.45) is 5.73 Å². The van der Waals surface area contributed by atoms with Gasteiger partial charge in [0, 0.05) is 13.7 Å². The maximum absolute atomic E-state index is 11.4. The van der Waals surface area contributed by atoms with Crippen LogP contribution in [0.2, 0.25) is 0 Å². The van der Waals surface area contributed by atoms with Gasteiger partial charge in [0.2, 0.25) is 0 Å². The van der Waals surface area contributed by atoms with Gasteiger partial charge in [0.1, 0.15) is 0 Å². The predicted octanol–water partition coefficient (Wildman–Crippen LogP) is 1.58. The fourth-order valence-corrected chi connectivity index (χ4v) is 1.66. The molecule has 0 bridgehead atoms. The third kappa shape index (κ3) is 4.35.